The molecule has 6 unspecified atom stereocenters. The molecule has 0 aliphatic carbocycles. The largest absolute Gasteiger partial charge is 0.462 e. The molecule has 0 bridgehead atoms. The molecule has 0 saturated carbocycles. The quantitative estimate of drug-likeness (QED) is 0.0289. The predicted molar refractivity (Wildman–Crippen MR) is 206 cm³/mol. The zero-order valence-electron chi connectivity index (χ0n) is 32.8. The summed E-state index contributed by atoms with van der Waals surface area (Å²) >= 11 is 0. The number of hydrogen-bond acceptors (Lipinski definition) is 10. The third-order valence-corrected chi connectivity index (χ3v) is 9.56. The van der Waals surface area contributed by atoms with Crippen molar-refractivity contribution in [3.8, 4) is 0 Å². The van der Waals surface area contributed by atoms with E-state index in [1.807, 2.05) is 0 Å². The summed E-state index contributed by atoms with van der Waals surface area (Å²) in [7, 11) is 0. The van der Waals surface area contributed by atoms with Gasteiger partial charge in [-0.1, -0.05) is 122 Å². The molecule has 1 rings (SSSR count). The molecule has 304 valence electrons. The van der Waals surface area contributed by atoms with Crippen LogP contribution in [-0.4, -0.2) is 89.0 Å². The molecule has 0 aromatic heterocycles. The maximum atomic E-state index is 12.7. The van der Waals surface area contributed by atoms with Gasteiger partial charge in [-0.15, -0.1) is 0 Å². The molecule has 0 amide bonds. The number of carbonyl (C=O) groups excluding carboxylic acids is 2. The summed E-state index contributed by atoms with van der Waals surface area (Å²) in [4.78, 5) is 25.2. The van der Waals surface area contributed by atoms with Crippen molar-refractivity contribution < 1.29 is 49.0 Å². The molecule has 0 spiro atoms. The van der Waals surface area contributed by atoms with Crippen molar-refractivity contribution in [3.05, 3.63) is 24.3 Å². The van der Waals surface area contributed by atoms with Gasteiger partial charge in [-0.2, -0.15) is 0 Å². The first kappa shape index (κ1) is 48.2. The Morgan fingerprint density at radius 3 is 1.54 bits per heavy atom. The number of ether oxygens (including phenoxy) is 4. The van der Waals surface area contributed by atoms with Gasteiger partial charge in [0.2, 0.25) is 0 Å². The summed E-state index contributed by atoms with van der Waals surface area (Å²) in [5.74, 6) is -0.826. The minimum atomic E-state index is -1.59. The maximum Gasteiger partial charge on any atom is 0.306 e. The van der Waals surface area contributed by atoms with Crippen molar-refractivity contribution in [3.63, 3.8) is 0 Å². The Morgan fingerprint density at radius 2 is 1.02 bits per heavy atom. The first-order valence-electron chi connectivity index (χ1n) is 20.9. The third kappa shape index (κ3) is 25.2. The van der Waals surface area contributed by atoms with E-state index in [0.29, 0.717) is 12.8 Å². The number of aliphatic hydroxyl groups excluding tert-OH is 4. The topological polar surface area (TPSA) is 152 Å². The normalized spacial score (nSPS) is 21.2. The van der Waals surface area contributed by atoms with E-state index in [4.69, 9.17) is 18.9 Å². The second-order valence-corrected chi connectivity index (χ2v) is 14.4. The highest BCUT2D eigenvalue weighted by atomic mass is 16.7. The Morgan fingerprint density at radius 1 is 0.577 bits per heavy atom. The molecular formula is C42H76O10. The minimum Gasteiger partial charge on any atom is -0.462 e. The van der Waals surface area contributed by atoms with Gasteiger partial charge in [-0.05, 0) is 64.2 Å². The minimum absolute atomic E-state index is 0.220. The molecule has 4 N–H and O–H groups in total. The van der Waals surface area contributed by atoms with E-state index in [1.165, 1.54) is 64.2 Å². The molecule has 10 heteroatoms. The smallest absolute Gasteiger partial charge is 0.306 e. The van der Waals surface area contributed by atoms with Crippen LogP contribution in [0.4, 0.5) is 0 Å². The van der Waals surface area contributed by atoms with Gasteiger partial charge in [0.25, 0.3) is 0 Å². The Kier molecular flexibility index (Phi) is 31.3. The van der Waals surface area contributed by atoms with Crippen LogP contribution in [0.1, 0.15) is 174 Å². The second kappa shape index (κ2) is 33.7. The molecule has 1 saturated heterocycles. The number of hydrogen-bond donors (Lipinski definition) is 4. The summed E-state index contributed by atoms with van der Waals surface area (Å²) in [6, 6.07) is 0. The molecule has 0 aromatic rings. The summed E-state index contributed by atoms with van der Waals surface area (Å²) in [5, 5.41) is 40.0. The fraction of sp³-hybridized carbons (Fsp3) is 0.857. The van der Waals surface area contributed by atoms with E-state index in [9.17, 15) is 30.0 Å². The first-order chi connectivity index (χ1) is 25.3. The average molecular weight is 741 g/mol. The number of esters is 2. The van der Waals surface area contributed by atoms with Gasteiger partial charge in [0.1, 0.15) is 31.0 Å². The lowest BCUT2D eigenvalue weighted by molar-refractivity contribution is -0.305. The number of unbranched alkanes of at least 4 members (excludes halogenated alkanes) is 19. The summed E-state index contributed by atoms with van der Waals surface area (Å²) in [6.07, 6.45) is 27.5. The van der Waals surface area contributed by atoms with Crippen LogP contribution in [0.5, 0.6) is 0 Å². The van der Waals surface area contributed by atoms with Crippen LogP contribution in [0.25, 0.3) is 0 Å². The molecule has 0 radical (unpaired) electrons. The van der Waals surface area contributed by atoms with E-state index in [0.717, 1.165) is 70.6 Å². The number of allylic oxidation sites excluding steroid dienone is 4. The van der Waals surface area contributed by atoms with Gasteiger partial charge >= 0.3 is 11.9 Å². The number of aliphatic hydroxyl groups is 4. The van der Waals surface area contributed by atoms with Crippen LogP contribution >= 0.6 is 0 Å². The van der Waals surface area contributed by atoms with E-state index in [2.05, 4.69) is 38.2 Å². The van der Waals surface area contributed by atoms with Crippen molar-refractivity contribution >= 4 is 11.9 Å². The average Bonchev–Trinajstić information content (AvgIpc) is 3.14. The zero-order valence-corrected chi connectivity index (χ0v) is 32.8. The lowest BCUT2D eigenvalue weighted by atomic mass is 9.99. The summed E-state index contributed by atoms with van der Waals surface area (Å²) in [5.41, 5.74) is 0. The van der Waals surface area contributed by atoms with Crippen LogP contribution in [0.3, 0.4) is 0 Å². The van der Waals surface area contributed by atoms with Crippen LogP contribution in [0.2, 0.25) is 0 Å². The number of rotatable bonds is 34. The summed E-state index contributed by atoms with van der Waals surface area (Å²) in [6.45, 7) is 3.37. The SMILES string of the molecule is CCCCC/C=C\CCCCCCCC(=O)OCC(COC1OC(CO)C(O)C(O)C1O)OC(=O)CCCCCCC/C=C\CCCCCCCC. The van der Waals surface area contributed by atoms with Crippen LogP contribution < -0.4 is 0 Å². The Bertz CT molecular complexity index is 907. The molecule has 1 heterocycles. The molecule has 10 nitrogen and oxygen atoms in total. The lowest BCUT2D eigenvalue weighted by Crippen LogP contribution is -2.59. The highest BCUT2D eigenvalue weighted by Gasteiger charge is 2.44. The zero-order chi connectivity index (χ0) is 38.1. The Hall–Kier alpha value is -1.82. The molecule has 1 aliphatic heterocycles. The van der Waals surface area contributed by atoms with Crippen molar-refractivity contribution in [2.45, 2.75) is 211 Å². The molecule has 1 fully saturated rings. The van der Waals surface area contributed by atoms with Crippen molar-refractivity contribution in [1.82, 2.24) is 0 Å². The van der Waals surface area contributed by atoms with Gasteiger partial charge in [-0.25, -0.2) is 0 Å². The van der Waals surface area contributed by atoms with Gasteiger partial charge in [-0.3, -0.25) is 9.59 Å². The van der Waals surface area contributed by atoms with Crippen molar-refractivity contribution in [2.24, 2.45) is 0 Å². The van der Waals surface area contributed by atoms with Gasteiger partial charge in [0.15, 0.2) is 12.4 Å². The second-order valence-electron chi connectivity index (χ2n) is 14.4. The summed E-state index contributed by atoms with van der Waals surface area (Å²) < 4.78 is 22.1. The van der Waals surface area contributed by atoms with Crippen LogP contribution in [-0.2, 0) is 28.5 Å². The molecule has 1 aliphatic rings. The van der Waals surface area contributed by atoms with E-state index >= 15 is 0 Å². The lowest BCUT2D eigenvalue weighted by Gasteiger charge is -2.39. The maximum absolute atomic E-state index is 12.7. The highest BCUT2D eigenvalue weighted by molar-refractivity contribution is 5.70. The molecular weight excluding hydrogens is 664 g/mol. The fourth-order valence-corrected chi connectivity index (χ4v) is 6.18. The standard InChI is InChI=1S/C42H76O10/c1-3-5-7-9-11-13-15-17-18-19-21-23-25-27-29-31-38(45)51-35(34-50-42-41(48)40(47)39(46)36(32-43)52-42)33-49-37(44)30-28-26-24-22-20-16-14-12-10-8-6-4-2/h12,14,17-18,35-36,39-43,46-48H,3-11,13,15-16,19-34H2,1-2H3/b14-12-,18-17-. The van der Waals surface area contributed by atoms with Crippen molar-refractivity contribution in [1.29, 1.82) is 0 Å². The van der Waals surface area contributed by atoms with Gasteiger partial charge in [0, 0.05) is 12.8 Å². The molecule has 52 heavy (non-hydrogen) atoms. The first-order valence-corrected chi connectivity index (χ1v) is 20.9. The Balaban J connectivity index is 2.38. The predicted octanol–water partition coefficient (Wildman–Crippen LogP) is 8.16. The van der Waals surface area contributed by atoms with E-state index in [-0.39, 0.29) is 32.0 Å². The molecule has 6 atom stereocenters. The third-order valence-electron chi connectivity index (χ3n) is 9.56. The highest BCUT2D eigenvalue weighted by Crippen LogP contribution is 2.22. The van der Waals surface area contributed by atoms with Crippen LogP contribution in [0.15, 0.2) is 24.3 Å². The van der Waals surface area contributed by atoms with Gasteiger partial charge in [0.05, 0.1) is 13.2 Å². The van der Waals surface area contributed by atoms with Crippen LogP contribution in [0, 0.1) is 0 Å². The van der Waals surface area contributed by atoms with E-state index in [1.54, 1.807) is 0 Å². The number of carbonyl (C=O) groups is 2. The monoisotopic (exact) mass is 741 g/mol. The van der Waals surface area contributed by atoms with E-state index < -0.39 is 49.4 Å². The van der Waals surface area contributed by atoms with Crippen molar-refractivity contribution in [2.75, 3.05) is 19.8 Å². The van der Waals surface area contributed by atoms with Gasteiger partial charge < -0.3 is 39.4 Å². The fourth-order valence-electron chi connectivity index (χ4n) is 6.18. The Labute approximate surface area is 315 Å². The molecule has 0 aromatic carbocycles.